The van der Waals surface area contributed by atoms with Crippen molar-refractivity contribution in [1.29, 1.82) is 0 Å². The van der Waals surface area contributed by atoms with Gasteiger partial charge in [0.25, 0.3) is 5.69 Å². The lowest BCUT2D eigenvalue weighted by Gasteiger charge is -2.27. The number of nitro groups is 1. The van der Waals surface area contributed by atoms with Crippen molar-refractivity contribution in [1.82, 2.24) is 19.7 Å². The van der Waals surface area contributed by atoms with E-state index < -0.39 is 16.9 Å². The maximum atomic E-state index is 13.0. The molecule has 0 spiro atoms. The van der Waals surface area contributed by atoms with Gasteiger partial charge in [-0.3, -0.25) is 10.1 Å². The molecule has 12 heteroatoms. The van der Waals surface area contributed by atoms with Crippen LogP contribution in [0.4, 0.5) is 11.6 Å². The summed E-state index contributed by atoms with van der Waals surface area (Å²) in [5.41, 5.74) is 4.17. The van der Waals surface area contributed by atoms with Gasteiger partial charge in [-0.2, -0.15) is 4.98 Å². The van der Waals surface area contributed by atoms with Crippen LogP contribution in [0.1, 0.15) is 31.0 Å². The fourth-order valence-corrected chi connectivity index (χ4v) is 5.60. The predicted octanol–water partition coefficient (Wildman–Crippen LogP) is 6.65. The zero-order chi connectivity index (χ0) is 29.9. The van der Waals surface area contributed by atoms with Gasteiger partial charge in [-0.25, -0.2) is 14.5 Å². The molecule has 0 unspecified atom stereocenters. The van der Waals surface area contributed by atoms with E-state index in [0.717, 1.165) is 16.7 Å². The Labute approximate surface area is 250 Å². The summed E-state index contributed by atoms with van der Waals surface area (Å²) < 4.78 is 12.9. The summed E-state index contributed by atoms with van der Waals surface area (Å²) in [6.07, 6.45) is 1.72. The van der Waals surface area contributed by atoms with Gasteiger partial charge in [0.2, 0.25) is 17.0 Å². The molecule has 0 amide bonds. The summed E-state index contributed by atoms with van der Waals surface area (Å²) in [4.78, 5) is 33.1. The number of non-ortho nitro benzene ring substituents is 1. The minimum absolute atomic E-state index is 0.0855. The lowest BCUT2D eigenvalue weighted by molar-refractivity contribution is -0.384. The van der Waals surface area contributed by atoms with Crippen molar-refractivity contribution in [2.45, 2.75) is 30.8 Å². The van der Waals surface area contributed by atoms with E-state index in [1.54, 1.807) is 36.9 Å². The lowest BCUT2D eigenvalue weighted by Crippen LogP contribution is -2.29. The van der Waals surface area contributed by atoms with Crippen LogP contribution in [0.25, 0.3) is 22.8 Å². The van der Waals surface area contributed by atoms with E-state index >= 15 is 0 Å². The van der Waals surface area contributed by atoms with Crippen LogP contribution < -0.4 is 5.32 Å². The highest BCUT2D eigenvalue weighted by atomic mass is 32.2. The molecule has 1 aliphatic heterocycles. The number of carbonyl (C=O) groups excluding carboxylic acids is 1. The highest BCUT2D eigenvalue weighted by Gasteiger charge is 2.35. The molecule has 3 heterocycles. The van der Waals surface area contributed by atoms with Crippen LogP contribution in [0.5, 0.6) is 0 Å². The third kappa shape index (κ3) is 5.77. The number of oxazole rings is 1. The Morgan fingerprint density at radius 2 is 1.88 bits per heavy atom. The standard InChI is InChI=1S/C31H26N6O5S/c1-3-41-29(38)26-19(2)33-30-34-31(35-36(30)27(26)23-10-7-11-24(16-23)37(39)40)43-18-20-12-14-22(15-13-20)28-32-17-25(42-28)21-8-5-4-6-9-21/h4-17,27H,3,18H2,1-2H3,(H,33,34,35)/t27-/m0/s1. The molecule has 0 saturated heterocycles. The second kappa shape index (κ2) is 11.9. The molecule has 0 bridgehead atoms. The number of thioether (sulfide) groups is 1. The minimum Gasteiger partial charge on any atom is -0.463 e. The number of hydrogen-bond donors (Lipinski definition) is 1. The zero-order valence-corrected chi connectivity index (χ0v) is 24.1. The van der Waals surface area contributed by atoms with Crippen molar-refractivity contribution in [3.05, 3.63) is 118 Å². The number of nitro benzene ring substituents is 1. The summed E-state index contributed by atoms with van der Waals surface area (Å²) in [5, 5.41) is 19.8. The number of fused-ring (bicyclic) bond motifs is 1. The molecule has 1 atom stereocenters. The van der Waals surface area contributed by atoms with Crippen LogP contribution in [0.2, 0.25) is 0 Å². The van der Waals surface area contributed by atoms with Crippen LogP contribution in [-0.4, -0.2) is 37.2 Å². The molecule has 216 valence electrons. The predicted molar refractivity (Wildman–Crippen MR) is 161 cm³/mol. The Morgan fingerprint density at radius 3 is 2.63 bits per heavy atom. The number of nitrogens with zero attached hydrogens (tertiary/aromatic N) is 5. The average molecular weight is 595 g/mol. The van der Waals surface area contributed by atoms with E-state index in [-0.39, 0.29) is 12.3 Å². The maximum absolute atomic E-state index is 13.0. The highest BCUT2D eigenvalue weighted by molar-refractivity contribution is 7.98. The van der Waals surface area contributed by atoms with Gasteiger partial charge >= 0.3 is 5.97 Å². The molecule has 0 radical (unpaired) electrons. The first-order valence-corrected chi connectivity index (χ1v) is 14.5. The summed E-state index contributed by atoms with van der Waals surface area (Å²) in [5.74, 6) is 1.74. The van der Waals surface area contributed by atoms with Gasteiger partial charge in [-0.15, -0.1) is 5.10 Å². The number of aromatic nitrogens is 4. The number of anilines is 1. The number of nitrogens with one attached hydrogen (secondary N) is 1. The SMILES string of the molecule is CCOC(=O)C1=C(C)Nc2nc(SCc3ccc(-c4ncc(-c5ccccc5)o4)cc3)nn2[C@H]1c1cccc([N+](=O)[O-])c1. The first kappa shape index (κ1) is 27.9. The van der Waals surface area contributed by atoms with Crippen molar-refractivity contribution in [3.63, 3.8) is 0 Å². The topological polar surface area (TPSA) is 138 Å². The first-order valence-electron chi connectivity index (χ1n) is 13.5. The largest absolute Gasteiger partial charge is 0.463 e. The van der Waals surface area contributed by atoms with Gasteiger partial charge in [-0.05, 0) is 37.1 Å². The first-order chi connectivity index (χ1) is 20.9. The quantitative estimate of drug-likeness (QED) is 0.0854. The molecular formula is C31H26N6O5S. The third-order valence-corrected chi connectivity index (χ3v) is 7.77. The molecule has 5 aromatic rings. The highest BCUT2D eigenvalue weighted by Crippen LogP contribution is 2.38. The Hall–Kier alpha value is -5.23. The minimum atomic E-state index is -0.752. The second-order valence-electron chi connectivity index (χ2n) is 9.68. The number of hydrogen-bond acceptors (Lipinski definition) is 10. The van der Waals surface area contributed by atoms with E-state index in [9.17, 15) is 14.9 Å². The second-order valence-corrected chi connectivity index (χ2v) is 10.6. The van der Waals surface area contributed by atoms with E-state index in [0.29, 0.717) is 45.3 Å². The van der Waals surface area contributed by atoms with Crippen molar-refractivity contribution >= 4 is 29.4 Å². The van der Waals surface area contributed by atoms with E-state index in [4.69, 9.17) is 14.3 Å². The normalized spacial score (nSPS) is 14.2. The number of rotatable bonds is 9. The molecule has 1 aliphatic rings. The van der Waals surface area contributed by atoms with Crippen LogP contribution in [0.15, 0.2) is 106 Å². The monoisotopic (exact) mass is 594 g/mol. The Balaban J connectivity index is 1.22. The molecule has 1 N–H and O–H groups in total. The average Bonchev–Trinajstić information content (AvgIpc) is 3.68. The van der Waals surface area contributed by atoms with Gasteiger partial charge in [0.1, 0.15) is 6.04 Å². The fraction of sp³-hybridized carbons (Fsp3) is 0.161. The molecule has 11 nitrogen and oxygen atoms in total. The van der Waals surface area contributed by atoms with Gasteiger partial charge in [0.05, 0.1) is 23.3 Å². The molecule has 0 saturated carbocycles. The van der Waals surface area contributed by atoms with Gasteiger partial charge in [0.15, 0.2) is 5.76 Å². The summed E-state index contributed by atoms with van der Waals surface area (Å²) in [6, 6.07) is 23.1. The molecular weight excluding hydrogens is 568 g/mol. The van der Waals surface area contributed by atoms with Crippen molar-refractivity contribution < 1.29 is 18.9 Å². The number of carbonyl (C=O) groups is 1. The van der Waals surface area contributed by atoms with Crippen molar-refractivity contribution in [2.75, 3.05) is 11.9 Å². The van der Waals surface area contributed by atoms with E-state index in [2.05, 4.69) is 15.3 Å². The van der Waals surface area contributed by atoms with Crippen LogP contribution in [0.3, 0.4) is 0 Å². The zero-order valence-electron chi connectivity index (χ0n) is 23.3. The molecule has 43 heavy (non-hydrogen) atoms. The van der Waals surface area contributed by atoms with Crippen molar-refractivity contribution in [2.24, 2.45) is 0 Å². The van der Waals surface area contributed by atoms with Crippen molar-refractivity contribution in [3.8, 4) is 22.8 Å². The molecule has 6 rings (SSSR count). The lowest BCUT2D eigenvalue weighted by atomic mass is 9.95. The summed E-state index contributed by atoms with van der Waals surface area (Å²) >= 11 is 1.43. The number of ether oxygens (including phenoxy) is 1. The maximum Gasteiger partial charge on any atom is 0.338 e. The van der Waals surface area contributed by atoms with E-state index in [1.807, 2.05) is 54.6 Å². The van der Waals surface area contributed by atoms with E-state index in [1.165, 1.54) is 23.9 Å². The number of esters is 1. The van der Waals surface area contributed by atoms with Gasteiger partial charge in [-0.1, -0.05) is 66.4 Å². The summed E-state index contributed by atoms with van der Waals surface area (Å²) in [6.45, 7) is 3.66. The van der Waals surface area contributed by atoms with Gasteiger partial charge < -0.3 is 14.5 Å². The Bertz CT molecular complexity index is 1830. The van der Waals surface area contributed by atoms with Crippen LogP contribution in [-0.2, 0) is 15.3 Å². The van der Waals surface area contributed by atoms with Crippen LogP contribution >= 0.6 is 11.8 Å². The molecule has 3 aromatic carbocycles. The van der Waals surface area contributed by atoms with Gasteiger partial charge in [0, 0.05) is 34.7 Å². The summed E-state index contributed by atoms with van der Waals surface area (Å²) in [7, 11) is 0. The Morgan fingerprint density at radius 1 is 1.09 bits per heavy atom. The molecule has 0 aliphatic carbocycles. The number of benzene rings is 3. The third-order valence-electron chi connectivity index (χ3n) is 6.86. The molecule has 0 fully saturated rings. The fourth-order valence-electron chi connectivity index (χ4n) is 4.82. The molecule has 2 aromatic heterocycles. The van der Waals surface area contributed by atoms with Crippen LogP contribution in [0, 0.1) is 10.1 Å². The number of allylic oxidation sites excluding steroid dienone is 1. The smallest absolute Gasteiger partial charge is 0.338 e. The Kier molecular flexibility index (Phi) is 7.75.